The number of benzene rings is 2. The van der Waals surface area contributed by atoms with Gasteiger partial charge in [0.25, 0.3) is 0 Å². The maximum absolute atomic E-state index is 12.3. The van der Waals surface area contributed by atoms with Gasteiger partial charge in [0.1, 0.15) is 10.1 Å². The van der Waals surface area contributed by atoms with Gasteiger partial charge in [-0.05, 0) is 35.0 Å². The van der Waals surface area contributed by atoms with Gasteiger partial charge in [0, 0.05) is 18.7 Å². The summed E-state index contributed by atoms with van der Waals surface area (Å²) in [5.41, 5.74) is 1.16. The summed E-state index contributed by atoms with van der Waals surface area (Å²) in [6, 6.07) is 12.4. The monoisotopic (exact) mass is 444 g/mol. The van der Waals surface area contributed by atoms with E-state index >= 15 is 0 Å². The predicted molar refractivity (Wildman–Crippen MR) is 117 cm³/mol. The number of hydrogen-bond donors (Lipinski definition) is 0. The van der Waals surface area contributed by atoms with Crippen LogP contribution in [-0.4, -0.2) is 27.5 Å². The molecule has 2 aromatic carbocycles. The summed E-state index contributed by atoms with van der Waals surface area (Å²) >= 11 is 2.46. The zero-order valence-corrected chi connectivity index (χ0v) is 17.6. The second kappa shape index (κ2) is 9.59. The fourth-order valence-corrected chi connectivity index (χ4v) is 4.35. The molecule has 3 rings (SSSR count). The lowest BCUT2D eigenvalue weighted by Gasteiger charge is -2.09. The molecule has 0 atom stereocenters. The second-order valence-electron chi connectivity index (χ2n) is 5.99. The van der Waals surface area contributed by atoms with Gasteiger partial charge in [0.05, 0.1) is 12.0 Å². The number of aliphatic imine (C=N–C) groups is 1. The van der Waals surface area contributed by atoms with Gasteiger partial charge in [-0.3, -0.25) is 19.7 Å². The zero-order valence-electron chi connectivity index (χ0n) is 16.0. The molecule has 0 saturated heterocycles. The van der Waals surface area contributed by atoms with Crippen molar-refractivity contribution in [1.29, 1.82) is 0 Å². The number of esters is 1. The molecule has 1 heterocycles. The number of ether oxygens (including phenoxy) is 2. The summed E-state index contributed by atoms with van der Waals surface area (Å²) in [6.07, 6.45) is 1.44. The van der Waals surface area contributed by atoms with E-state index in [4.69, 9.17) is 9.47 Å². The maximum Gasteiger partial charge on any atom is 0.316 e. The van der Waals surface area contributed by atoms with E-state index in [2.05, 4.69) is 4.99 Å². The molecule has 0 aromatic heterocycles. The fourth-order valence-electron chi connectivity index (χ4n) is 2.55. The Hall–Kier alpha value is -3.11. The van der Waals surface area contributed by atoms with Gasteiger partial charge in [0.15, 0.2) is 5.75 Å². The zero-order chi connectivity index (χ0) is 21.7. The van der Waals surface area contributed by atoms with E-state index in [1.54, 1.807) is 0 Å². The Bertz CT molecular complexity index is 1070. The number of carbonyl (C=O) groups excluding carboxylic acids is 2. The molecule has 1 aliphatic rings. The molecule has 2 aromatic rings. The molecule has 0 bridgehead atoms. The van der Waals surface area contributed by atoms with Crippen molar-refractivity contribution in [1.82, 2.24) is 0 Å². The van der Waals surface area contributed by atoms with Crippen LogP contribution in [0.1, 0.15) is 18.1 Å². The molecule has 0 aliphatic carbocycles. The van der Waals surface area contributed by atoms with Gasteiger partial charge in [-0.15, -0.1) is 0 Å². The average molecular weight is 444 g/mol. The van der Waals surface area contributed by atoms with Gasteiger partial charge >= 0.3 is 11.7 Å². The third-order valence-corrected chi connectivity index (χ3v) is 5.91. The number of nitrogens with zero attached hydrogens (tertiary/aromatic N) is 2. The topological polar surface area (TPSA) is 108 Å². The number of nitro groups is 1. The van der Waals surface area contributed by atoms with Crippen molar-refractivity contribution in [2.75, 3.05) is 7.11 Å². The Morgan fingerprint density at radius 2 is 2.03 bits per heavy atom. The molecule has 10 heteroatoms. The Balaban J connectivity index is 1.88. The molecule has 0 radical (unpaired) electrons. The summed E-state index contributed by atoms with van der Waals surface area (Å²) < 4.78 is 10.7. The van der Waals surface area contributed by atoms with Crippen LogP contribution in [0.5, 0.6) is 11.5 Å². The number of thioether (sulfide) groups is 2. The molecule has 1 aliphatic heterocycles. The first-order valence-electron chi connectivity index (χ1n) is 8.61. The quantitative estimate of drug-likeness (QED) is 0.212. The van der Waals surface area contributed by atoms with Crippen LogP contribution in [0.3, 0.4) is 0 Å². The first-order chi connectivity index (χ1) is 14.4. The van der Waals surface area contributed by atoms with Crippen molar-refractivity contribution in [2.24, 2.45) is 4.99 Å². The summed E-state index contributed by atoms with van der Waals surface area (Å²) in [6.45, 7) is 1.14. The second-order valence-corrected chi connectivity index (χ2v) is 8.18. The van der Waals surface area contributed by atoms with Gasteiger partial charge in [-0.1, -0.05) is 42.1 Å². The minimum Gasteiger partial charge on any atom is -0.493 e. The van der Waals surface area contributed by atoms with Gasteiger partial charge < -0.3 is 9.47 Å². The van der Waals surface area contributed by atoms with Gasteiger partial charge in [-0.2, -0.15) is 0 Å². The highest BCUT2D eigenvalue weighted by atomic mass is 32.2. The fraction of sp³-hybridized carbons (Fsp3) is 0.150. The van der Waals surface area contributed by atoms with Crippen LogP contribution in [0.15, 0.2) is 53.2 Å². The van der Waals surface area contributed by atoms with E-state index in [-0.39, 0.29) is 22.3 Å². The first-order valence-corrected chi connectivity index (χ1v) is 10.4. The normalized spacial score (nSPS) is 14.5. The van der Waals surface area contributed by atoms with Crippen LogP contribution in [0.4, 0.5) is 5.69 Å². The van der Waals surface area contributed by atoms with Gasteiger partial charge in [-0.25, -0.2) is 4.99 Å². The molecular weight excluding hydrogens is 428 g/mol. The highest BCUT2D eigenvalue weighted by Crippen LogP contribution is 2.40. The Morgan fingerprint density at radius 3 is 2.67 bits per heavy atom. The molecule has 0 fully saturated rings. The van der Waals surface area contributed by atoms with Crippen molar-refractivity contribution in [2.45, 2.75) is 12.7 Å². The van der Waals surface area contributed by atoms with Crippen LogP contribution in [0.25, 0.3) is 6.08 Å². The molecule has 0 spiro atoms. The molecule has 8 nitrogen and oxygen atoms in total. The SMILES string of the molecule is COc1cc(C=C2N=C(SCc3ccccc3)SC2=O)cc([N+](=O)[O-])c1OC(C)=O. The largest absolute Gasteiger partial charge is 0.493 e. The summed E-state index contributed by atoms with van der Waals surface area (Å²) in [7, 11) is 1.30. The molecule has 0 saturated carbocycles. The van der Waals surface area contributed by atoms with E-state index in [9.17, 15) is 19.7 Å². The molecule has 30 heavy (non-hydrogen) atoms. The standard InChI is InChI=1S/C20H16N2O6S2/c1-12(23)28-18-16(22(25)26)9-14(10-17(18)27-2)8-15-19(24)30-20(21-15)29-11-13-6-4-3-5-7-13/h3-10H,11H2,1-2H3. The predicted octanol–water partition coefficient (Wildman–Crippen LogP) is 4.43. The van der Waals surface area contributed by atoms with Crippen molar-refractivity contribution in [3.63, 3.8) is 0 Å². The first kappa shape index (κ1) is 21.6. The lowest BCUT2D eigenvalue weighted by molar-refractivity contribution is -0.385. The highest BCUT2D eigenvalue weighted by molar-refractivity contribution is 8.45. The molecule has 0 unspecified atom stereocenters. The number of hydrogen-bond acceptors (Lipinski definition) is 9. The smallest absolute Gasteiger partial charge is 0.316 e. The maximum atomic E-state index is 12.3. The van der Waals surface area contributed by atoms with E-state index < -0.39 is 16.6 Å². The van der Waals surface area contributed by atoms with Crippen molar-refractivity contribution in [3.8, 4) is 11.5 Å². The molecule has 0 amide bonds. The van der Waals surface area contributed by atoms with Gasteiger partial charge in [0.2, 0.25) is 10.9 Å². The van der Waals surface area contributed by atoms with E-state index in [1.165, 1.54) is 37.1 Å². The minimum absolute atomic E-state index is 0.00649. The summed E-state index contributed by atoms with van der Waals surface area (Å²) in [5.74, 6) is -0.322. The summed E-state index contributed by atoms with van der Waals surface area (Å²) in [5, 5.41) is 11.2. The van der Waals surface area contributed by atoms with Crippen LogP contribution in [-0.2, 0) is 15.3 Å². The summed E-state index contributed by atoms with van der Waals surface area (Å²) in [4.78, 5) is 38.7. The Kier molecular flexibility index (Phi) is 6.91. The molecule has 154 valence electrons. The van der Waals surface area contributed by atoms with E-state index in [0.717, 1.165) is 24.2 Å². The van der Waals surface area contributed by atoms with Crippen LogP contribution in [0, 0.1) is 10.1 Å². The van der Waals surface area contributed by atoms with Crippen molar-refractivity contribution < 1.29 is 24.0 Å². The Labute approximate surface area is 180 Å². The van der Waals surface area contributed by atoms with Crippen LogP contribution in [0.2, 0.25) is 0 Å². The minimum atomic E-state index is -0.713. The van der Waals surface area contributed by atoms with Crippen LogP contribution < -0.4 is 9.47 Å². The third kappa shape index (κ3) is 5.28. The number of methoxy groups -OCH3 is 1. The third-order valence-electron chi connectivity index (χ3n) is 3.83. The number of rotatable bonds is 6. The van der Waals surface area contributed by atoms with E-state index in [0.29, 0.717) is 15.7 Å². The van der Waals surface area contributed by atoms with E-state index in [1.807, 2.05) is 30.3 Å². The molecule has 0 N–H and O–H groups in total. The highest BCUT2D eigenvalue weighted by Gasteiger charge is 2.26. The molecular formula is C20H16N2O6S2. The number of carbonyl (C=O) groups is 2. The number of nitro benzene ring substituents is 1. The van der Waals surface area contributed by atoms with Crippen molar-refractivity contribution in [3.05, 3.63) is 69.4 Å². The van der Waals surface area contributed by atoms with Crippen molar-refractivity contribution >= 4 is 50.7 Å². The lowest BCUT2D eigenvalue weighted by Crippen LogP contribution is -2.06. The average Bonchev–Trinajstić information content (AvgIpc) is 3.06. The van der Waals surface area contributed by atoms with Crippen LogP contribution >= 0.6 is 23.5 Å². The lowest BCUT2D eigenvalue weighted by atomic mass is 10.1. The Morgan fingerprint density at radius 1 is 1.30 bits per heavy atom.